The molecule has 2 unspecified atom stereocenters. The van der Waals surface area contributed by atoms with E-state index >= 15 is 0 Å². The van der Waals surface area contributed by atoms with E-state index in [1.165, 1.54) is 5.69 Å². The number of thioether (sulfide) groups is 1. The van der Waals surface area contributed by atoms with Gasteiger partial charge in [0.25, 0.3) is 5.91 Å². The average Bonchev–Trinajstić information content (AvgIpc) is 2.68. The smallest absolute Gasteiger partial charge is 0.264 e. The van der Waals surface area contributed by atoms with E-state index in [-0.39, 0.29) is 5.91 Å². The Labute approximate surface area is 192 Å². The lowest BCUT2D eigenvalue weighted by molar-refractivity contribution is -0.114. The molecule has 4 nitrogen and oxygen atoms in total. The van der Waals surface area contributed by atoms with E-state index in [0.717, 1.165) is 35.0 Å². The van der Waals surface area contributed by atoms with E-state index in [4.69, 9.17) is 23.2 Å². The molecule has 0 saturated carbocycles. The fourth-order valence-electron chi connectivity index (χ4n) is 4.15. The monoisotopic (exact) mass is 461 g/mol. The minimum Gasteiger partial charge on any atom is -0.368 e. The average molecular weight is 462 g/mol. The van der Waals surface area contributed by atoms with Gasteiger partial charge in [-0.25, -0.2) is 0 Å². The van der Waals surface area contributed by atoms with Crippen LogP contribution in [0.3, 0.4) is 0 Å². The van der Waals surface area contributed by atoms with Crippen molar-refractivity contribution in [2.45, 2.75) is 25.9 Å². The Morgan fingerprint density at radius 2 is 1.73 bits per heavy atom. The number of para-hydroxylation sites is 1. The Bertz CT molecular complexity index is 950. The normalized spacial score (nSPS) is 23.9. The van der Waals surface area contributed by atoms with Gasteiger partial charge in [-0.15, -0.1) is 11.8 Å². The van der Waals surface area contributed by atoms with Crippen LogP contribution in [0, 0.1) is 0 Å². The number of benzene rings is 2. The molecule has 2 heterocycles. The van der Waals surface area contributed by atoms with Gasteiger partial charge in [0.1, 0.15) is 0 Å². The second-order valence-electron chi connectivity index (χ2n) is 7.87. The Kier molecular flexibility index (Phi) is 6.63. The van der Waals surface area contributed by atoms with E-state index in [9.17, 15) is 4.79 Å². The zero-order valence-electron chi connectivity index (χ0n) is 17.1. The summed E-state index contributed by atoms with van der Waals surface area (Å²) in [6.07, 6.45) is 2.03. The third-order valence-electron chi connectivity index (χ3n) is 5.31. The van der Waals surface area contributed by atoms with E-state index in [2.05, 4.69) is 42.3 Å². The highest BCUT2D eigenvalue weighted by Gasteiger charge is 2.27. The Balaban J connectivity index is 1.64. The van der Waals surface area contributed by atoms with Crippen molar-refractivity contribution in [3.8, 4) is 0 Å². The number of carbonyl (C=O) groups is 1. The molecule has 0 bridgehead atoms. The molecule has 2 fully saturated rings. The molecule has 0 spiro atoms. The highest BCUT2D eigenvalue weighted by molar-refractivity contribution is 8.04. The van der Waals surface area contributed by atoms with E-state index in [1.807, 2.05) is 12.1 Å². The van der Waals surface area contributed by atoms with Gasteiger partial charge in [-0.05, 0) is 49.8 Å². The molecule has 0 aliphatic carbocycles. The van der Waals surface area contributed by atoms with Gasteiger partial charge in [-0.1, -0.05) is 41.4 Å². The zero-order valence-corrected chi connectivity index (χ0v) is 19.4. The van der Waals surface area contributed by atoms with Gasteiger partial charge < -0.3 is 15.1 Å². The summed E-state index contributed by atoms with van der Waals surface area (Å²) in [5, 5.41) is 4.63. The summed E-state index contributed by atoms with van der Waals surface area (Å²) in [6, 6.07) is 14.4. The van der Waals surface area contributed by atoms with Gasteiger partial charge in [0, 0.05) is 58.9 Å². The zero-order chi connectivity index (χ0) is 21.3. The van der Waals surface area contributed by atoms with Crippen molar-refractivity contribution >= 4 is 58.3 Å². The number of nitrogens with one attached hydrogen (secondary N) is 1. The fourth-order valence-corrected chi connectivity index (χ4v) is 5.60. The van der Waals surface area contributed by atoms with Gasteiger partial charge in [0.15, 0.2) is 0 Å². The van der Waals surface area contributed by atoms with Crippen LogP contribution in [0.5, 0.6) is 0 Å². The summed E-state index contributed by atoms with van der Waals surface area (Å²) in [6.45, 7) is 6.93. The van der Waals surface area contributed by atoms with E-state index < -0.39 is 0 Å². The molecule has 2 saturated heterocycles. The molecule has 1 N–H and O–H groups in total. The van der Waals surface area contributed by atoms with Crippen molar-refractivity contribution < 1.29 is 4.79 Å². The van der Waals surface area contributed by atoms with Gasteiger partial charge in [0.05, 0.1) is 4.91 Å². The Morgan fingerprint density at radius 1 is 1.07 bits per heavy atom. The number of hydrogen-bond acceptors (Lipinski definition) is 4. The first-order valence-electron chi connectivity index (χ1n) is 10.1. The third-order valence-corrected chi connectivity index (χ3v) is 6.74. The van der Waals surface area contributed by atoms with Crippen LogP contribution < -0.4 is 15.1 Å². The molecule has 158 valence electrons. The molecule has 2 atom stereocenters. The molecule has 4 rings (SSSR count). The first-order valence-corrected chi connectivity index (χ1v) is 11.9. The molecule has 0 radical (unpaired) electrons. The molecule has 0 aromatic heterocycles. The molecular weight excluding hydrogens is 437 g/mol. The summed E-state index contributed by atoms with van der Waals surface area (Å²) < 4.78 is 0. The lowest BCUT2D eigenvalue weighted by Crippen LogP contribution is -2.54. The number of nitrogens with zero attached hydrogens (tertiary/aromatic N) is 2. The van der Waals surface area contributed by atoms with Crippen molar-refractivity contribution in [3.05, 3.63) is 63.0 Å². The summed E-state index contributed by atoms with van der Waals surface area (Å²) in [5.74, 6) is 0.812. The van der Waals surface area contributed by atoms with Crippen molar-refractivity contribution in [3.63, 3.8) is 0 Å². The number of rotatable bonds is 3. The highest BCUT2D eigenvalue weighted by Crippen LogP contribution is 2.34. The summed E-state index contributed by atoms with van der Waals surface area (Å²) in [7, 11) is 0. The molecule has 7 heteroatoms. The van der Waals surface area contributed by atoms with Gasteiger partial charge in [-0.3, -0.25) is 4.79 Å². The minimum atomic E-state index is -0.0126. The maximum Gasteiger partial charge on any atom is 0.264 e. The van der Waals surface area contributed by atoms with Gasteiger partial charge in [0.2, 0.25) is 0 Å². The van der Waals surface area contributed by atoms with Gasteiger partial charge in [-0.2, -0.15) is 0 Å². The third kappa shape index (κ3) is 4.80. The van der Waals surface area contributed by atoms with Crippen LogP contribution in [0.25, 0.3) is 6.08 Å². The van der Waals surface area contributed by atoms with Crippen LogP contribution in [-0.2, 0) is 4.79 Å². The fraction of sp³-hybridized carbons (Fsp3) is 0.348. The molecule has 1 amide bonds. The van der Waals surface area contributed by atoms with Crippen LogP contribution in [0.1, 0.15) is 19.4 Å². The lowest BCUT2D eigenvalue weighted by atomic mass is 10.1. The molecular formula is C23H25Cl2N3OS. The van der Waals surface area contributed by atoms with E-state index in [0.29, 0.717) is 28.7 Å². The van der Waals surface area contributed by atoms with Crippen molar-refractivity contribution in [1.82, 2.24) is 5.32 Å². The Hall–Kier alpha value is -1.66. The maximum atomic E-state index is 13.3. The predicted molar refractivity (Wildman–Crippen MR) is 130 cm³/mol. The summed E-state index contributed by atoms with van der Waals surface area (Å²) >= 11 is 13.9. The Morgan fingerprint density at radius 3 is 2.43 bits per heavy atom. The first kappa shape index (κ1) is 21.6. The van der Waals surface area contributed by atoms with Crippen molar-refractivity contribution in [2.75, 3.05) is 35.2 Å². The van der Waals surface area contributed by atoms with E-state index in [1.54, 1.807) is 34.9 Å². The minimum absolute atomic E-state index is 0.0126. The number of carbonyl (C=O) groups excluding carboxylic acids is 1. The summed E-state index contributed by atoms with van der Waals surface area (Å²) in [4.78, 5) is 18.2. The van der Waals surface area contributed by atoms with Crippen LogP contribution in [-0.4, -0.2) is 43.4 Å². The second-order valence-corrected chi connectivity index (χ2v) is 9.88. The first-order chi connectivity index (χ1) is 14.4. The summed E-state index contributed by atoms with van der Waals surface area (Å²) in [5.41, 5.74) is 2.98. The highest BCUT2D eigenvalue weighted by atomic mass is 35.5. The predicted octanol–water partition coefficient (Wildman–Crippen LogP) is 5.30. The van der Waals surface area contributed by atoms with Crippen LogP contribution in [0.4, 0.5) is 11.4 Å². The van der Waals surface area contributed by atoms with Crippen molar-refractivity contribution in [2.24, 2.45) is 0 Å². The molecule has 2 aliphatic heterocycles. The SMILES string of the molecule is CC1CN(c2ccccc2C=C2SCCN(c3cc(Cl)cc(Cl)c3)C2=O)CC(C)N1. The van der Waals surface area contributed by atoms with Crippen LogP contribution in [0.15, 0.2) is 47.4 Å². The van der Waals surface area contributed by atoms with Crippen molar-refractivity contribution in [1.29, 1.82) is 0 Å². The molecule has 2 aliphatic rings. The number of halogens is 2. The number of hydrogen-bond donors (Lipinski definition) is 1. The second kappa shape index (κ2) is 9.23. The number of piperazine rings is 1. The number of anilines is 2. The quantitative estimate of drug-likeness (QED) is 0.628. The molecule has 2 aromatic carbocycles. The maximum absolute atomic E-state index is 13.3. The van der Waals surface area contributed by atoms with Crippen LogP contribution >= 0.6 is 35.0 Å². The topological polar surface area (TPSA) is 35.6 Å². The lowest BCUT2D eigenvalue weighted by Gasteiger charge is -2.38. The molecule has 30 heavy (non-hydrogen) atoms. The largest absolute Gasteiger partial charge is 0.368 e. The number of amides is 1. The standard InChI is InChI=1S/C23H25Cl2N3OS/c1-15-13-27(14-16(2)26-15)21-6-4-3-5-17(21)9-22-23(29)28(7-8-30-22)20-11-18(24)10-19(25)12-20/h3-6,9-12,15-16,26H,7-8,13-14H2,1-2H3. The van der Waals surface area contributed by atoms with Crippen LogP contribution in [0.2, 0.25) is 10.0 Å². The van der Waals surface area contributed by atoms with Gasteiger partial charge >= 0.3 is 0 Å². The molecule has 2 aromatic rings.